The van der Waals surface area contributed by atoms with Gasteiger partial charge in [-0.15, -0.1) is 0 Å². The number of carbonyl (C=O) groups excluding carboxylic acids is 1. The van der Waals surface area contributed by atoms with Gasteiger partial charge in [0.05, 0.1) is 24.1 Å². The molecule has 0 aromatic carbocycles. The summed E-state index contributed by atoms with van der Waals surface area (Å²) in [6, 6.07) is 3.95. The highest BCUT2D eigenvalue weighted by Crippen LogP contribution is 2.35. The summed E-state index contributed by atoms with van der Waals surface area (Å²) in [5, 5.41) is 7.43. The Morgan fingerprint density at radius 2 is 2.26 bits per heavy atom. The van der Waals surface area contributed by atoms with Crippen LogP contribution >= 0.6 is 0 Å². The standard InChI is InChI=1S/C17H23N5O/c1-12-17(13(2)21(3)20-12)15-7-5-9-22(15)11-16(23)19-14-6-4-8-18-10-14/h4,6,8,10,15H,5,7,9,11H2,1-3H3,(H,19,23)/t15-/m0/s1. The second-order valence-corrected chi connectivity index (χ2v) is 6.13. The molecule has 1 aliphatic heterocycles. The maximum Gasteiger partial charge on any atom is 0.238 e. The van der Waals surface area contributed by atoms with Crippen LogP contribution in [0.2, 0.25) is 0 Å². The molecular weight excluding hydrogens is 290 g/mol. The Morgan fingerprint density at radius 3 is 2.91 bits per heavy atom. The highest BCUT2D eigenvalue weighted by atomic mass is 16.2. The van der Waals surface area contributed by atoms with Crippen molar-refractivity contribution < 1.29 is 4.79 Å². The number of likely N-dealkylation sites (tertiary alicyclic amines) is 1. The Labute approximate surface area is 136 Å². The van der Waals surface area contributed by atoms with Gasteiger partial charge in [0.2, 0.25) is 5.91 Å². The number of rotatable bonds is 4. The Hall–Kier alpha value is -2.21. The van der Waals surface area contributed by atoms with E-state index in [1.807, 2.05) is 23.9 Å². The van der Waals surface area contributed by atoms with E-state index in [1.54, 1.807) is 12.4 Å². The van der Waals surface area contributed by atoms with Crippen molar-refractivity contribution in [3.63, 3.8) is 0 Å². The molecule has 3 rings (SSSR count). The second kappa shape index (κ2) is 6.50. The second-order valence-electron chi connectivity index (χ2n) is 6.13. The van der Waals surface area contributed by atoms with Gasteiger partial charge in [0, 0.05) is 30.5 Å². The lowest BCUT2D eigenvalue weighted by molar-refractivity contribution is -0.117. The van der Waals surface area contributed by atoms with E-state index in [0.29, 0.717) is 6.54 Å². The number of aromatic nitrogens is 3. The number of nitrogens with zero attached hydrogens (tertiary/aromatic N) is 4. The van der Waals surface area contributed by atoms with E-state index in [9.17, 15) is 4.79 Å². The Kier molecular flexibility index (Phi) is 4.43. The molecule has 1 N–H and O–H groups in total. The molecule has 0 radical (unpaired) electrons. The fourth-order valence-electron chi connectivity index (χ4n) is 3.44. The molecule has 1 saturated heterocycles. The van der Waals surface area contributed by atoms with Gasteiger partial charge in [-0.3, -0.25) is 19.4 Å². The van der Waals surface area contributed by atoms with Crippen LogP contribution in [-0.4, -0.2) is 38.7 Å². The molecule has 2 aromatic rings. The number of hydrogen-bond acceptors (Lipinski definition) is 4. The highest BCUT2D eigenvalue weighted by molar-refractivity contribution is 5.92. The van der Waals surface area contributed by atoms with Crippen molar-refractivity contribution >= 4 is 11.6 Å². The molecule has 1 atom stereocenters. The molecule has 0 saturated carbocycles. The zero-order valence-electron chi connectivity index (χ0n) is 13.9. The summed E-state index contributed by atoms with van der Waals surface area (Å²) >= 11 is 0. The molecule has 3 heterocycles. The number of carbonyl (C=O) groups is 1. The van der Waals surface area contributed by atoms with E-state index in [1.165, 1.54) is 11.3 Å². The summed E-state index contributed by atoms with van der Waals surface area (Å²) in [7, 11) is 1.97. The Morgan fingerprint density at radius 1 is 1.43 bits per heavy atom. The maximum atomic E-state index is 12.3. The number of aryl methyl sites for hydroxylation is 2. The summed E-state index contributed by atoms with van der Waals surface area (Å²) < 4.78 is 1.93. The van der Waals surface area contributed by atoms with E-state index in [-0.39, 0.29) is 11.9 Å². The normalized spacial score (nSPS) is 18.3. The van der Waals surface area contributed by atoms with Crippen molar-refractivity contribution in [2.24, 2.45) is 7.05 Å². The molecule has 23 heavy (non-hydrogen) atoms. The largest absolute Gasteiger partial charge is 0.324 e. The predicted octanol–water partition coefficient (Wildman–Crippen LogP) is 2.21. The molecule has 0 spiro atoms. The van der Waals surface area contributed by atoms with Crippen LogP contribution in [0.25, 0.3) is 0 Å². The third-order valence-electron chi connectivity index (χ3n) is 4.55. The molecule has 0 unspecified atom stereocenters. The lowest BCUT2D eigenvalue weighted by atomic mass is 10.0. The molecular formula is C17H23N5O. The monoisotopic (exact) mass is 313 g/mol. The number of amides is 1. The van der Waals surface area contributed by atoms with Gasteiger partial charge in [0.15, 0.2) is 0 Å². The van der Waals surface area contributed by atoms with Crippen LogP contribution in [0.4, 0.5) is 5.69 Å². The van der Waals surface area contributed by atoms with E-state index in [0.717, 1.165) is 30.8 Å². The molecule has 2 aromatic heterocycles. The Bertz CT molecular complexity index is 695. The minimum Gasteiger partial charge on any atom is -0.324 e. The van der Waals surface area contributed by atoms with Crippen molar-refractivity contribution in [1.29, 1.82) is 0 Å². The van der Waals surface area contributed by atoms with Gasteiger partial charge in [0.1, 0.15) is 0 Å². The molecule has 6 heteroatoms. The van der Waals surface area contributed by atoms with Gasteiger partial charge in [-0.05, 0) is 45.4 Å². The van der Waals surface area contributed by atoms with Crippen LogP contribution in [0.3, 0.4) is 0 Å². The topological polar surface area (TPSA) is 63.1 Å². The van der Waals surface area contributed by atoms with Crippen molar-refractivity contribution in [3.05, 3.63) is 41.5 Å². The van der Waals surface area contributed by atoms with Gasteiger partial charge in [-0.1, -0.05) is 0 Å². The van der Waals surface area contributed by atoms with Crippen LogP contribution < -0.4 is 5.32 Å². The van der Waals surface area contributed by atoms with Crippen LogP contribution in [0.1, 0.15) is 35.8 Å². The van der Waals surface area contributed by atoms with E-state index >= 15 is 0 Å². The summed E-state index contributed by atoms with van der Waals surface area (Å²) in [6.07, 6.45) is 5.54. The van der Waals surface area contributed by atoms with Crippen LogP contribution in [0.15, 0.2) is 24.5 Å². The van der Waals surface area contributed by atoms with E-state index in [2.05, 4.69) is 34.1 Å². The third-order valence-corrected chi connectivity index (χ3v) is 4.55. The summed E-state index contributed by atoms with van der Waals surface area (Å²) in [5.41, 5.74) is 4.27. The predicted molar refractivity (Wildman–Crippen MR) is 89.1 cm³/mol. The lowest BCUT2D eigenvalue weighted by Gasteiger charge is -2.24. The van der Waals surface area contributed by atoms with Gasteiger partial charge in [0.25, 0.3) is 0 Å². The summed E-state index contributed by atoms with van der Waals surface area (Å²) in [5.74, 6) is 0.00379. The minimum atomic E-state index is 0.00379. The molecule has 1 aliphatic rings. The first-order chi connectivity index (χ1) is 11.1. The highest BCUT2D eigenvalue weighted by Gasteiger charge is 2.31. The smallest absolute Gasteiger partial charge is 0.238 e. The fourth-order valence-corrected chi connectivity index (χ4v) is 3.44. The quantitative estimate of drug-likeness (QED) is 0.940. The van der Waals surface area contributed by atoms with Gasteiger partial charge in [-0.25, -0.2) is 0 Å². The van der Waals surface area contributed by atoms with Crippen molar-refractivity contribution in [2.75, 3.05) is 18.4 Å². The van der Waals surface area contributed by atoms with Crippen molar-refractivity contribution in [3.8, 4) is 0 Å². The van der Waals surface area contributed by atoms with Crippen LogP contribution in [-0.2, 0) is 11.8 Å². The molecule has 0 bridgehead atoms. The third kappa shape index (κ3) is 3.27. The average molecular weight is 313 g/mol. The maximum absolute atomic E-state index is 12.3. The van der Waals surface area contributed by atoms with Crippen LogP contribution in [0, 0.1) is 13.8 Å². The molecule has 122 valence electrons. The SMILES string of the molecule is Cc1nn(C)c(C)c1[C@@H]1CCCN1CC(=O)Nc1cccnc1. The minimum absolute atomic E-state index is 0.00379. The van der Waals surface area contributed by atoms with E-state index in [4.69, 9.17) is 0 Å². The van der Waals surface area contributed by atoms with Gasteiger partial charge >= 0.3 is 0 Å². The number of pyridine rings is 1. The van der Waals surface area contributed by atoms with Crippen molar-refractivity contribution in [2.45, 2.75) is 32.7 Å². The van der Waals surface area contributed by atoms with Gasteiger partial charge < -0.3 is 5.32 Å². The van der Waals surface area contributed by atoms with Crippen molar-refractivity contribution in [1.82, 2.24) is 19.7 Å². The Balaban J connectivity index is 1.71. The average Bonchev–Trinajstić information content (AvgIpc) is 3.05. The van der Waals surface area contributed by atoms with Crippen LogP contribution in [0.5, 0.6) is 0 Å². The first-order valence-corrected chi connectivity index (χ1v) is 8.00. The first-order valence-electron chi connectivity index (χ1n) is 8.00. The zero-order chi connectivity index (χ0) is 16.4. The van der Waals surface area contributed by atoms with E-state index < -0.39 is 0 Å². The number of hydrogen-bond donors (Lipinski definition) is 1. The lowest BCUT2D eigenvalue weighted by Crippen LogP contribution is -2.33. The molecule has 1 fully saturated rings. The summed E-state index contributed by atoms with van der Waals surface area (Å²) in [4.78, 5) is 18.6. The fraction of sp³-hybridized carbons (Fsp3) is 0.471. The number of nitrogens with one attached hydrogen (secondary N) is 1. The zero-order valence-corrected chi connectivity index (χ0v) is 13.9. The molecule has 1 amide bonds. The molecule has 6 nitrogen and oxygen atoms in total. The van der Waals surface area contributed by atoms with Gasteiger partial charge in [-0.2, -0.15) is 5.10 Å². The first kappa shape index (κ1) is 15.7. The number of anilines is 1. The summed E-state index contributed by atoms with van der Waals surface area (Å²) in [6.45, 7) is 5.49. The molecule has 0 aliphatic carbocycles.